The normalized spacial score (nSPS) is 23.3. The molecule has 0 radical (unpaired) electrons. The summed E-state index contributed by atoms with van der Waals surface area (Å²) in [5.74, 6) is 0.946. The fraction of sp³-hybridized carbons (Fsp3) is 0.929. The van der Waals surface area contributed by atoms with Gasteiger partial charge in [0, 0.05) is 40.5 Å². The summed E-state index contributed by atoms with van der Waals surface area (Å²) >= 11 is 0. The number of nitrogens with zero attached hydrogens (tertiary/aromatic N) is 1. The van der Waals surface area contributed by atoms with Gasteiger partial charge in [-0.1, -0.05) is 6.92 Å². The van der Waals surface area contributed by atoms with Crippen LogP contribution in [0.2, 0.25) is 0 Å². The monoisotopic (exact) mass is 272 g/mol. The molecule has 0 saturated carbocycles. The van der Waals surface area contributed by atoms with Crippen LogP contribution in [0.25, 0.3) is 0 Å². The van der Waals surface area contributed by atoms with Gasteiger partial charge in [-0.25, -0.2) is 0 Å². The largest absolute Gasteiger partial charge is 0.385 e. The third-order valence-electron chi connectivity index (χ3n) is 3.57. The van der Waals surface area contributed by atoms with Crippen LogP contribution in [0.5, 0.6) is 0 Å². The fourth-order valence-electron chi connectivity index (χ4n) is 2.54. The molecule has 1 aliphatic heterocycles. The molecule has 1 aliphatic rings. The van der Waals surface area contributed by atoms with Crippen LogP contribution in [0.1, 0.15) is 19.8 Å². The van der Waals surface area contributed by atoms with Crippen LogP contribution in [-0.4, -0.2) is 64.4 Å². The van der Waals surface area contributed by atoms with Crippen molar-refractivity contribution in [2.45, 2.75) is 19.8 Å². The second-order valence-corrected chi connectivity index (χ2v) is 5.36. The molecule has 2 atom stereocenters. The molecule has 1 rings (SSSR count). The van der Waals surface area contributed by atoms with Gasteiger partial charge in [0.05, 0.1) is 12.5 Å². The number of piperidine rings is 1. The number of methoxy groups -OCH3 is 2. The molecular formula is C14H28N2O3. The summed E-state index contributed by atoms with van der Waals surface area (Å²) < 4.78 is 10.2. The van der Waals surface area contributed by atoms with Gasteiger partial charge in [-0.05, 0) is 25.3 Å². The van der Waals surface area contributed by atoms with Crippen molar-refractivity contribution in [1.29, 1.82) is 0 Å². The van der Waals surface area contributed by atoms with E-state index in [4.69, 9.17) is 9.47 Å². The quantitative estimate of drug-likeness (QED) is 0.662. The Bertz CT molecular complexity index is 261. The number of hydrogen-bond donors (Lipinski definition) is 1. The maximum Gasteiger partial charge on any atom is 0.227 e. The summed E-state index contributed by atoms with van der Waals surface area (Å²) in [4.78, 5) is 14.5. The fourth-order valence-corrected chi connectivity index (χ4v) is 2.54. The standard InChI is InChI=1S/C14H28N2O3/c1-12-9-13(11-15-10-12)14(17)16(6-8-19-3)5-4-7-18-2/h12-13,15H,4-11H2,1-3H3. The van der Waals surface area contributed by atoms with E-state index in [0.717, 1.165) is 32.5 Å². The topological polar surface area (TPSA) is 50.8 Å². The van der Waals surface area contributed by atoms with Gasteiger partial charge in [0.15, 0.2) is 0 Å². The maximum atomic E-state index is 12.5. The molecular weight excluding hydrogens is 244 g/mol. The SMILES string of the molecule is COCCCN(CCOC)C(=O)C1CNCC(C)C1. The number of nitrogens with one attached hydrogen (secondary N) is 1. The molecule has 0 aromatic carbocycles. The van der Waals surface area contributed by atoms with Crippen LogP contribution in [0.4, 0.5) is 0 Å². The van der Waals surface area contributed by atoms with Gasteiger partial charge in [0.1, 0.15) is 0 Å². The molecule has 2 unspecified atom stereocenters. The van der Waals surface area contributed by atoms with E-state index in [2.05, 4.69) is 12.2 Å². The van der Waals surface area contributed by atoms with Crippen LogP contribution < -0.4 is 5.32 Å². The molecule has 1 heterocycles. The molecule has 1 saturated heterocycles. The molecule has 0 spiro atoms. The summed E-state index contributed by atoms with van der Waals surface area (Å²) in [6.07, 6.45) is 1.86. The highest BCUT2D eigenvalue weighted by Crippen LogP contribution is 2.18. The van der Waals surface area contributed by atoms with E-state index in [9.17, 15) is 4.79 Å². The van der Waals surface area contributed by atoms with Crippen LogP contribution >= 0.6 is 0 Å². The molecule has 0 aromatic heterocycles. The minimum Gasteiger partial charge on any atom is -0.385 e. The third-order valence-corrected chi connectivity index (χ3v) is 3.57. The smallest absolute Gasteiger partial charge is 0.227 e. The lowest BCUT2D eigenvalue weighted by Crippen LogP contribution is -2.46. The van der Waals surface area contributed by atoms with E-state index in [0.29, 0.717) is 25.7 Å². The Morgan fingerprint density at radius 1 is 1.21 bits per heavy atom. The van der Waals surface area contributed by atoms with Crippen molar-refractivity contribution in [2.24, 2.45) is 11.8 Å². The lowest BCUT2D eigenvalue weighted by Gasteiger charge is -2.32. The van der Waals surface area contributed by atoms with Crippen molar-refractivity contribution in [3.05, 3.63) is 0 Å². The molecule has 1 N–H and O–H groups in total. The third kappa shape index (κ3) is 5.89. The van der Waals surface area contributed by atoms with Crippen molar-refractivity contribution in [3.8, 4) is 0 Å². The highest BCUT2D eigenvalue weighted by atomic mass is 16.5. The Hall–Kier alpha value is -0.650. The lowest BCUT2D eigenvalue weighted by atomic mass is 9.91. The minimum absolute atomic E-state index is 0.114. The highest BCUT2D eigenvalue weighted by molar-refractivity contribution is 5.79. The van der Waals surface area contributed by atoms with E-state index in [1.165, 1.54) is 0 Å². The predicted molar refractivity (Wildman–Crippen MR) is 75.1 cm³/mol. The van der Waals surface area contributed by atoms with E-state index >= 15 is 0 Å². The average molecular weight is 272 g/mol. The number of ether oxygens (including phenoxy) is 2. The molecule has 1 fully saturated rings. The summed E-state index contributed by atoms with van der Waals surface area (Å²) in [5.41, 5.74) is 0. The second kappa shape index (κ2) is 9.28. The molecule has 5 nitrogen and oxygen atoms in total. The van der Waals surface area contributed by atoms with E-state index < -0.39 is 0 Å². The summed E-state index contributed by atoms with van der Waals surface area (Å²) in [5, 5.41) is 3.34. The van der Waals surface area contributed by atoms with Crippen molar-refractivity contribution < 1.29 is 14.3 Å². The molecule has 0 aliphatic carbocycles. The van der Waals surface area contributed by atoms with Gasteiger partial charge in [0.25, 0.3) is 0 Å². The van der Waals surface area contributed by atoms with Gasteiger partial charge in [-0.2, -0.15) is 0 Å². The number of amides is 1. The first kappa shape index (κ1) is 16.4. The van der Waals surface area contributed by atoms with Crippen molar-refractivity contribution in [3.63, 3.8) is 0 Å². The van der Waals surface area contributed by atoms with Crippen LogP contribution in [-0.2, 0) is 14.3 Å². The van der Waals surface area contributed by atoms with Crippen LogP contribution in [0, 0.1) is 11.8 Å². The van der Waals surface area contributed by atoms with Crippen LogP contribution in [0.3, 0.4) is 0 Å². The minimum atomic E-state index is 0.114. The Balaban J connectivity index is 2.48. The Labute approximate surface area is 116 Å². The van der Waals surface area contributed by atoms with E-state index in [-0.39, 0.29) is 11.8 Å². The van der Waals surface area contributed by atoms with E-state index in [1.807, 2.05) is 4.90 Å². The van der Waals surface area contributed by atoms with Gasteiger partial charge in [-0.3, -0.25) is 4.79 Å². The number of hydrogen-bond acceptors (Lipinski definition) is 4. The zero-order valence-corrected chi connectivity index (χ0v) is 12.5. The van der Waals surface area contributed by atoms with Gasteiger partial charge >= 0.3 is 0 Å². The Morgan fingerprint density at radius 3 is 2.58 bits per heavy atom. The average Bonchev–Trinajstić information content (AvgIpc) is 2.42. The number of carbonyl (C=O) groups excluding carboxylic acids is 1. The molecule has 19 heavy (non-hydrogen) atoms. The van der Waals surface area contributed by atoms with Gasteiger partial charge in [-0.15, -0.1) is 0 Å². The lowest BCUT2D eigenvalue weighted by molar-refractivity contribution is -0.137. The van der Waals surface area contributed by atoms with E-state index in [1.54, 1.807) is 14.2 Å². The first-order valence-corrected chi connectivity index (χ1v) is 7.16. The van der Waals surface area contributed by atoms with Crippen molar-refractivity contribution >= 4 is 5.91 Å². The van der Waals surface area contributed by atoms with Crippen molar-refractivity contribution in [1.82, 2.24) is 10.2 Å². The van der Waals surface area contributed by atoms with Crippen molar-refractivity contribution in [2.75, 3.05) is 53.6 Å². The predicted octanol–water partition coefficient (Wildman–Crippen LogP) is 0.744. The highest BCUT2D eigenvalue weighted by Gasteiger charge is 2.28. The van der Waals surface area contributed by atoms with Gasteiger partial charge in [0.2, 0.25) is 5.91 Å². The molecule has 0 bridgehead atoms. The molecule has 112 valence electrons. The zero-order chi connectivity index (χ0) is 14.1. The first-order valence-electron chi connectivity index (χ1n) is 7.16. The van der Waals surface area contributed by atoms with Gasteiger partial charge < -0.3 is 19.7 Å². The maximum absolute atomic E-state index is 12.5. The Kier molecular flexibility index (Phi) is 8.02. The summed E-state index contributed by atoms with van der Waals surface area (Å²) in [6.45, 7) is 6.72. The van der Waals surface area contributed by atoms with Crippen LogP contribution in [0.15, 0.2) is 0 Å². The summed E-state index contributed by atoms with van der Waals surface area (Å²) in [6, 6.07) is 0. The first-order chi connectivity index (χ1) is 9.19. The Morgan fingerprint density at radius 2 is 1.95 bits per heavy atom. The summed E-state index contributed by atoms with van der Waals surface area (Å²) in [7, 11) is 3.36. The molecule has 5 heteroatoms. The zero-order valence-electron chi connectivity index (χ0n) is 12.5. The molecule has 0 aromatic rings. The molecule has 1 amide bonds. The second-order valence-electron chi connectivity index (χ2n) is 5.36. The number of rotatable bonds is 8. The number of carbonyl (C=O) groups is 1.